The number of benzene rings is 1. The van der Waals surface area contributed by atoms with Crippen LogP contribution >= 0.6 is 0 Å². The van der Waals surface area contributed by atoms with E-state index in [-0.39, 0.29) is 11.5 Å². The predicted octanol–water partition coefficient (Wildman–Crippen LogP) is 2.90. The van der Waals surface area contributed by atoms with E-state index in [0.717, 1.165) is 37.1 Å². The van der Waals surface area contributed by atoms with Gasteiger partial charge in [-0.15, -0.1) is 0 Å². The summed E-state index contributed by atoms with van der Waals surface area (Å²) in [6, 6.07) is 8.82. The van der Waals surface area contributed by atoms with E-state index in [9.17, 15) is 9.59 Å². The summed E-state index contributed by atoms with van der Waals surface area (Å²) >= 11 is 0. The van der Waals surface area contributed by atoms with Crippen LogP contribution in [0.3, 0.4) is 0 Å². The zero-order chi connectivity index (χ0) is 18.8. The van der Waals surface area contributed by atoms with Crippen LogP contribution < -0.4 is 15.2 Å². The number of aromatic amines is 1. The van der Waals surface area contributed by atoms with Gasteiger partial charge in [0, 0.05) is 26.2 Å². The molecule has 27 heavy (non-hydrogen) atoms. The Hall–Kier alpha value is -3.22. The molecule has 2 aromatic heterocycles. The Labute approximate surface area is 156 Å². The smallest absolute Gasteiger partial charge is 0.308 e. The maximum atomic E-state index is 12.8. The normalized spacial score (nSPS) is 14.3. The Morgan fingerprint density at radius 2 is 1.85 bits per heavy atom. The Kier molecular flexibility index (Phi) is 4.58. The molecule has 3 aromatic rings. The molecule has 3 heterocycles. The summed E-state index contributed by atoms with van der Waals surface area (Å²) in [5.41, 5.74) is 1.80. The lowest BCUT2D eigenvalue weighted by Gasteiger charge is -2.27. The molecule has 0 spiro atoms. The van der Waals surface area contributed by atoms with E-state index in [1.807, 2.05) is 12.1 Å². The molecule has 7 heteroatoms. The van der Waals surface area contributed by atoms with Crippen molar-refractivity contribution >= 4 is 23.0 Å². The molecule has 0 atom stereocenters. The molecule has 1 aromatic carbocycles. The van der Waals surface area contributed by atoms with Crippen molar-refractivity contribution in [1.82, 2.24) is 15.0 Å². The molecule has 0 saturated carbocycles. The largest absolute Gasteiger partial charge is 0.427 e. The highest BCUT2D eigenvalue weighted by Gasteiger charge is 2.17. The van der Waals surface area contributed by atoms with Crippen molar-refractivity contribution in [3.63, 3.8) is 0 Å². The van der Waals surface area contributed by atoms with Gasteiger partial charge in [-0.25, -0.2) is 4.98 Å². The summed E-state index contributed by atoms with van der Waals surface area (Å²) in [5, 5.41) is 0.457. The number of anilines is 1. The summed E-state index contributed by atoms with van der Waals surface area (Å²) in [5.74, 6) is 0.675. The van der Waals surface area contributed by atoms with Gasteiger partial charge in [0.2, 0.25) is 5.95 Å². The van der Waals surface area contributed by atoms with Crippen LogP contribution in [0, 0.1) is 0 Å². The second kappa shape index (κ2) is 7.19. The van der Waals surface area contributed by atoms with Gasteiger partial charge < -0.3 is 9.64 Å². The van der Waals surface area contributed by atoms with Crippen LogP contribution in [0.1, 0.15) is 26.2 Å². The molecular weight excluding hydrogens is 344 g/mol. The number of H-pyrrole nitrogens is 1. The van der Waals surface area contributed by atoms with Gasteiger partial charge in [0.1, 0.15) is 5.75 Å². The molecule has 1 saturated heterocycles. The number of carbonyl (C=O) groups excluding carboxylic acids is 1. The van der Waals surface area contributed by atoms with E-state index < -0.39 is 0 Å². The molecule has 1 aliphatic rings. The Morgan fingerprint density at radius 3 is 2.56 bits per heavy atom. The summed E-state index contributed by atoms with van der Waals surface area (Å²) < 4.78 is 5.06. The molecule has 0 bridgehead atoms. The molecule has 1 fully saturated rings. The molecule has 1 N–H and O–H groups in total. The highest BCUT2D eigenvalue weighted by atomic mass is 16.5. The van der Waals surface area contributed by atoms with E-state index in [1.165, 1.54) is 13.3 Å². The van der Waals surface area contributed by atoms with Gasteiger partial charge in [0.25, 0.3) is 5.56 Å². The van der Waals surface area contributed by atoms with Gasteiger partial charge in [-0.3, -0.25) is 14.6 Å². The number of nitrogens with zero attached hydrogens (tertiary/aromatic N) is 3. The number of hydrogen-bond acceptors (Lipinski definition) is 6. The van der Waals surface area contributed by atoms with Crippen LogP contribution in [0.4, 0.5) is 5.95 Å². The van der Waals surface area contributed by atoms with Gasteiger partial charge in [-0.05, 0) is 48.6 Å². The first-order chi connectivity index (χ1) is 13.1. The highest BCUT2D eigenvalue weighted by molar-refractivity contribution is 5.92. The first-order valence-electron chi connectivity index (χ1n) is 9.04. The number of aromatic nitrogens is 3. The van der Waals surface area contributed by atoms with Crippen LogP contribution in [-0.2, 0) is 4.79 Å². The van der Waals surface area contributed by atoms with E-state index in [4.69, 9.17) is 4.74 Å². The van der Waals surface area contributed by atoms with Crippen LogP contribution in [0.25, 0.3) is 22.2 Å². The number of pyridine rings is 1. The van der Waals surface area contributed by atoms with Crippen molar-refractivity contribution in [3.8, 4) is 16.9 Å². The first-order valence-corrected chi connectivity index (χ1v) is 9.04. The molecule has 7 nitrogen and oxygen atoms in total. The second-order valence-corrected chi connectivity index (χ2v) is 6.61. The van der Waals surface area contributed by atoms with E-state index >= 15 is 0 Å². The van der Waals surface area contributed by atoms with Crippen LogP contribution in [-0.4, -0.2) is 34.0 Å². The minimum Gasteiger partial charge on any atom is -0.427 e. The van der Waals surface area contributed by atoms with E-state index in [0.29, 0.717) is 22.7 Å². The summed E-state index contributed by atoms with van der Waals surface area (Å²) in [6.45, 7) is 3.15. The molecular formula is C20H20N4O3. The van der Waals surface area contributed by atoms with Crippen LogP contribution in [0.2, 0.25) is 0 Å². The minimum atomic E-state index is -0.372. The molecule has 0 aliphatic carbocycles. The third kappa shape index (κ3) is 3.53. The van der Waals surface area contributed by atoms with Crippen molar-refractivity contribution in [1.29, 1.82) is 0 Å². The third-order valence-electron chi connectivity index (χ3n) is 4.68. The van der Waals surface area contributed by atoms with Gasteiger partial charge >= 0.3 is 5.97 Å². The SMILES string of the molecule is CC(=O)Oc1ccc(-c2ccnc3nc(N4CCCCC4)[nH]c(=O)c23)cc1. The van der Waals surface area contributed by atoms with Crippen molar-refractivity contribution in [2.45, 2.75) is 26.2 Å². The van der Waals surface area contributed by atoms with Gasteiger partial charge in [0.05, 0.1) is 5.39 Å². The van der Waals surface area contributed by atoms with Crippen molar-refractivity contribution in [3.05, 3.63) is 46.9 Å². The van der Waals surface area contributed by atoms with Crippen LogP contribution in [0.15, 0.2) is 41.3 Å². The average Bonchev–Trinajstić information content (AvgIpc) is 2.68. The Balaban J connectivity index is 1.75. The van der Waals surface area contributed by atoms with Gasteiger partial charge in [0.15, 0.2) is 5.65 Å². The molecule has 0 amide bonds. The highest BCUT2D eigenvalue weighted by Crippen LogP contribution is 2.27. The lowest BCUT2D eigenvalue weighted by atomic mass is 10.0. The number of rotatable bonds is 3. The van der Waals surface area contributed by atoms with Gasteiger partial charge in [-0.2, -0.15) is 4.98 Å². The van der Waals surface area contributed by atoms with Crippen LogP contribution in [0.5, 0.6) is 5.75 Å². The zero-order valence-corrected chi connectivity index (χ0v) is 15.1. The fourth-order valence-corrected chi connectivity index (χ4v) is 3.42. The number of esters is 1. The van der Waals surface area contributed by atoms with E-state index in [1.54, 1.807) is 24.4 Å². The predicted molar refractivity (Wildman–Crippen MR) is 103 cm³/mol. The third-order valence-corrected chi connectivity index (χ3v) is 4.68. The maximum Gasteiger partial charge on any atom is 0.308 e. The number of carbonyl (C=O) groups is 1. The summed E-state index contributed by atoms with van der Waals surface area (Å²) in [6.07, 6.45) is 5.07. The number of piperidine rings is 1. The van der Waals surface area contributed by atoms with Crippen molar-refractivity contribution in [2.75, 3.05) is 18.0 Å². The standard InChI is InChI=1S/C20H20N4O3/c1-13(25)27-15-7-5-14(6-8-15)16-9-10-21-18-17(16)19(26)23-20(22-18)24-11-3-2-4-12-24/h5-10H,2-4,11-12H2,1H3,(H,21,22,23,26). The average molecular weight is 364 g/mol. The van der Waals surface area contributed by atoms with Gasteiger partial charge in [-0.1, -0.05) is 12.1 Å². The number of ether oxygens (including phenoxy) is 1. The molecule has 0 unspecified atom stereocenters. The lowest BCUT2D eigenvalue weighted by molar-refractivity contribution is -0.131. The fraction of sp³-hybridized carbons (Fsp3) is 0.300. The number of hydrogen-bond donors (Lipinski definition) is 1. The number of nitrogens with one attached hydrogen (secondary N) is 1. The Bertz CT molecular complexity index is 1040. The second-order valence-electron chi connectivity index (χ2n) is 6.61. The summed E-state index contributed by atoms with van der Waals surface area (Å²) in [4.78, 5) is 37.8. The lowest BCUT2D eigenvalue weighted by Crippen LogP contribution is -2.32. The summed E-state index contributed by atoms with van der Waals surface area (Å²) in [7, 11) is 0. The zero-order valence-electron chi connectivity index (χ0n) is 15.1. The topological polar surface area (TPSA) is 88.2 Å². The first kappa shape index (κ1) is 17.2. The molecule has 138 valence electrons. The van der Waals surface area contributed by atoms with E-state index in [2.05, 4.69) is 19.9 Å². The maximum absolute atomic E-state index is 12.8. The molecule has 1 aliphatic heterocycles. The minimum absolute atomic E-state index is 0.201. The van der Waals surface area contributed by atoms with Crippen molar-refractivity contribution < 1.29 is 9.53 Å². The number of fused-ring (bicyclic) bond motifs is 1. The molecule has 0 radical (unpaired) electrons. The fourth-order valence-electron chi connectivity index (χ4n) is 3.42. The monoisotopic (exact) mass is 364 g/mol. The quantitative estimate of drug-likeness (QED) is 0.568. The van der Waals surface area contributed by atoms with Crippen molar-refractivity contribution in [2.24, 2.45) is 0 Å². The Morgan fingerprint density at radius 1 is 1.11 bits per heavy atom. The molecule has 4 rings (SSSR count).